The molecule has 0 aromatic carbocycles. The number of rotatable bonds is 1. The van der Waals surface area contributed by atoms with Crippen molar-refractivity contribution in [2.24, 2.45) is 0 Å². The second-order valence-corrected chi connectivity index (χ2v) is 3.58. The Morgan fingerprint density at radius 3 is 2.38 bits per heavy atom. The van der Waals surface area contributed by atoms with Crippen molar-refractivity contribution in [3.8, 4) is 6.07 Å². The molecule has 0 N–H and O–H groups in total. The van der Waals surface area contributed by atoms with Crippen LogP contribution in [0.25, 0.3) is 0 Å². The first-order valence-corrected chi connectivity index (χ1v) is 4.44. The number of hydrogen-bond donors (Lipinski definition) is 0. The van der Waals surface area contributed by atoms with E-state index in [2.05, 4.69) is 24.9 Å². The monoisotopic (exact) mass is 174 g/mol. The summed E-state index contributed by atoms with van der Waals surface area (Å²) in [5.41, 5.74) is 3.98. The van der Waals surface area contributed by atoms with Gasteiger partial charge in [0.25, 0.3) is 0 Å². The average molecular weight is 174 g/mol. The van der Waals surface area contributed by atoms with Crippen molar-refractivity contribution in [2.45, 2.75) is 33.6 Å². The molecule has 1 aromatic heterocycles. The van der Waals surface area contributed by atoms with Gasteiger partial charge < -0.3 is 0 Å². The summed E-state index contributed by atoms with van der Waals surface area (Å²) in [7, 11) is 0. The second-order valence-electron chi connectivity index (χ2n) is 3.58. The lowest BCUT2D eigenvalue weighted by atomic mass is 9.96. The highest BCUT2D eigenvalue weighted by molar-refractivity contribution is 5.41. The molecular formula is C11H14N2. The molecule has 0 aliphatic carbocycles. The number of hydrogen-bond acceptors (Lipinski definition) is 2. The van der Waals surface area contributed by atoms with Crippen LogP contribution in [0.3, 0.4) is 0 Å². The van der Waals surface area contributed by atoms with Crippen LogP contribution in [0.5, 0.6) is 0 Å². The molecule has 0 amide bonds. The smallest absolute Gasteiger partial charge is 0.143 e. The lowest BCUT2D eigenvalue weighted by Crippen LogP contribution is -1.99. The highest BCUT2D eigenvalue weighted by atomic mass is 14.7. The molecule has 1 aromatic rings. The Morgan fingerprint density at radius 1 is 1.31 bits per heavy atom. The molecule has 0 radical (unpaired) electrons. The summed E-state index contributed by atoms with van der Waals surface area (Å²) in [5, 5.41) is 8.76. The van der Waals surface area contributed by atoms with Gasteiger partial charge in [-0.25, -0.2) is 4.98 Å². The van der Waals surface area contributed by atoms with E-state index < -0.39 is 0 Å². The largest absolute Gasteiger partial charge is 0.245 e. The number of nitriles is 1. The number of aromatic nitrogens is 1. The predicted molar refractivity (Wildman–Crippen MR) is 52.5 cm³/mol. The lowest BCUT2D eigenvalue weighted by Gasteiger charge is -2.11. The normalized spacial score (nSPS) is 10.2. The maximum Gasteiger partial charge on any atom is 0.143 e. The Hall–Kier alpha value is -1.36. The maximum atomic E-state index is 8.76. The van der Waals surface area contributed by atoms with Gasteiger partial charge in [0.2, 0.25) is 0 Å². The zero-order valence-corrected chi connectivity index (χ0v) is 8.55. The summed E-state index contributed by atoms with van der Waals surface area (Å²) in [6.45, 7) is 8.27. The van der Waals surface area contributed by atoms with Crippen molar-refractivity contribution in [1.82, 2.24) is 4.98 Å². The molecule has 0 saturated heterocycles. The summed E-state index contributed by atoms with van der Waals surface area (Å²) >= 11 is 0. The van der Waals surface area contributed by atoms with E-state index in [-0.39, 0.29) is 0 Å². The highest BCUT2D eigenvalue weighted by Gasteiger charge is 2.09. The van der Waals surface area contributed by atoms with E-state index in [1.54, 1.807) is 0 Å². The van der Waals surface area contributed by atoms with Crippen LogP contribution in [0, 0.1) is 25.2 Å². The van der Waals surface area contributed by atoms with E-state index >= 15 is 0 Å². The van der Waals surface area contributed by atoms with E-state index in [1.807, 2.05) is 20.0 Å². The third-order valence-corrected chi connectivity index (χ3v) is 2.41. The Kier molecular flexibility index (Phi) is 2.67. The molecule has 2 heteroatoms. The fourth-order valence-corrected chi connectivity index (χ4v) is 1.42. The van der Waals surface area contributed by atoms with Gasteiger partial charge in [0.15, 0.2) is 0 Å². The van der Waals surface area contributed by atoms with Gasteiger partial charge in [0, 0.05) is 6.20 Å². The highest BCUT2D eigenvalue weighted by Crippen LogP contribution is 2.21. The zero-order valence-electron chi connectivity index (χ0n) is 8.55. The van der Waals surface area contributed by atoms with Gasteiger partial charge in [0.1, 0.15) is 11.8 Å². The summed E-state index contributed by atoms with van der Waals surface area (Å²) in [6.07, 6.45) is 1.81. The fourth-order valence-electron chi connectivity index (χ4n) is 1.42. The molecule has 13 heavy (non-hydrogen) atoms. The van der Waals surface area contributed by atoms with Crippen LogP contribution in [-0.2, 0) is 0 Å². The standard InChI is InChI=1S/C11H14N2/c1-7(2)10-6-13-11(5-12)9(4)8(10)3/h6-7H,1-4H3. The van der Waals surface area contributed by atoms with Crippen LogP contribution in [0.1, 0.15) is 42.1 Å². The van der Waals surface area contributed by atoms with Crippen LogP contribution >= 0.6 is 0 Å². The predicted octanol–water partition coefficient (Wildman–Crippen LogP) is 2.69. The summed E-state index contributed by atoms with van der Waals surface area (Å²) in [4.78, 5) is 4.12. The van der Waals surface area contributed by atoms with Crippen molar-refractivity contribution < 1.29 is 0 Å². The molecule has 0 saturated carbocycles. The van der Waals surface area contributed by atoms with Gasteiger partial charge in [-0.3, -0.25) is 0 Å². The van der Waals surface area contributed by atoms with Crippen LogP contribution in [0.2, 0.25) is 0 Å². The SMILES string of the molecule is Cc1c(C(C)C)cnc(C#N)c1C. The van der Waals surface area contributed by atoms with Crippen LogP contribution in [-0.4, -0.2) is 4.98 Å². The summed E-state index contributed by atoms with van der Waals surface area (Å²) < 4.78 is 0. The molecule has 68 valence electrons. The maximum absolute atomic E-state index is 8.76. The van der Waals surface area contributed by atoms with Gasteiger partial charge in [-0.1, -0.05) is 13.8 Å². The summed E-state index contributed by atoms with van der Waals surface area (Å²) in [5.74, 6) is 0.471. The average Bonchev–Trinajstić information content (AvgIpc) is 2.09. The molecule has 0 bridgehead atoms. The molecular weight excluding hydrogens is 160 g/mol. The van der Waals surface area contributed by atoms with Crippen LogP contribution in [0.4, 0.5) is 0 Å². The minimum absolute atomic E-state index is 0.471. The van der Waals surface area contributed by atoms with Gasteiger partial charge in [-0.15, -0.1) is 0 Å². The molecule has 0 spiro atoms. The Labute approximate surface area is 79.2 Å². The van der Waals surface area contributed by atoms with Crippen LogP contribution in [0.15, 0.2) is 6.20 Å². The topological polar surface area (TPSA) is 36.7 Å². The van der Waals surface area contributed by atoms with E-state index in [4.69, 9.17) is 5.26 Å². The molecule has 2 nitrogen and oxygen atoms in total. The molecule has 0 unspecified atom stereocenters. The Morgan fingerprint density at radius 2 is 1.92 bits per heavy atom. The molecule has 0 atom stereocenters. The van der Waals surface area contributed by atoms with Gasteiger partial charge in [-0.05, 0) is 36.5 Å². The molecule has 0 fully saturated rings. The quantitative estimate of drug-likeness (QED) is 0.656. The van der Waals surface area contributed by atoms with E-state index in [0.29, 0.717) is 11.6 Å². The molecule has 0 aliphatic heterocycles. The van der Waals surface area contributed by atoms with E-state index in [0.717, 1.165) is 5.56 Å². The van der Waals surface area contributed by atoms with E-state index in [9.17, 15) is 0 Å². The first-order valence-electron chi connectivity index (χ1n) is 4.44. The Balaban J connectivity index is 3.33. The summed E-state index contributed by atoms with van der Waals surface area (Å²) in [6, 6.07) is 2.09. The van der Waals surface area contributed by atoms with Crippen molar-refractivity contribution in [3.63, 3.8) is 0 Å². The van der Waals surface area contributed by atoms with Gasteiger partial charge in [0.05, 0.1) is 0 Å². The fraction of sp³-hybridized carbons (Fsp3) is 0.455. The molecule has 0 aliphatic rings. The minimum Gasteiger partial charge on any atom is -0.245 e. The van der Waals surface area contributed by atoms with Crippen molar-refractivity contribution in [3.05, 3.63) is 28.6 Å². The number of nitrogens with zero attached hydrogens (tertiary/aromatic N) is 2. The van der Waals surface area contributed by atoms with Crippen molar-refractivity contribution in [1.29, 1.82) is 5.26 Å². The minimum atomic E-state index is 0.471. The third kappa shape index (κ3) is 1.70. The van der Waals surface area contributed by atoms with Gasteiger partial charge >= 0.3 is 0 Å². The third-order valence-electron chi connectivity index (χ3n) is 2.41. The van der Waals surface area contributed by atoms with Crippen molar-refractivity contribution >= 4 is 0 Å². The van der Waals surface area contributed by atoms with Gasteiger partial charge in [-0.2, -0.15) is 5.26 Å². The lowest BCUT2D eigenvalue weighted by molar-refractivity contribution is 0.842. The first-order chi connectivity index (χ1) is 6.07. The molecule has 1 rings (SSSR count). The Bertz CT molecular complexity index is 359. The number of pyridine rings is 1. The zero-order chi connectivity index (χ0) is 10.0. The van der Waals surface area contributed by atoms with E-state index in [1.165, 1.54) is 11.1 Å². The first kappa shape index (κ1) is 9.73. The van der Waals surface area contributed by atoms with Crippen molar-refractivity contribution in [2.75, 3.05) is 0 Å². The van der Waals surface area contributed by atoms with Crippen LogP contribution < -0.4 is 0 Å². The molecule has 1 heterocycles. The second kappa shape index (κ2) is 3.57.